The number of fused-ring (bicyclic) bond motifs is 1. The Labute approximate surface area is 63.9 Å². The molecule has 2 heterocycles. The van der Waals surface area contributed by atoms with Crippen LogP contribution in [0.2, 0.25) is 0 Å². The van der Waals surface area contributed by atoms with Gasteiger partial charge in [0, 0.05) is 17.3 Å². The van der Waals surface area contributed by atoms with Crippen molar-refractivity contribution < 1.29 is 0 Å². The minimum Gasteiger partial charge on any atom is -0.307 e. The molecule has 2 rings (SSSR count). The number of thiol groups is 1. The van der Waals surface area contributed by atoms with E-state index in [1.807, 2.05) is 22.7 Å². The molecule has 0 aliphatic heterocycles. The molecular formula is C7H6N2S. The summed E-state index contributed by atoms with van der Waals surface area (Å²) in [6, 6.07) is 3.97. The highest BCUT2D eigenvalue weighted by Crippen LogP contribution is 2.12. The molecule has 0 bridgehead atoms. The Morgan fingerprint density at radius 2 is 2.40 bits per heavy atom. The topological polar surface area (TPSA) is 17.3 Å². The van der Waals surface area contributed by atoms with Gasteiger partial charge in [-0.15, -0.1) is 12.6 Å². The fourth-order valence-electron chi connectivity index (χ4n) is 0.954. The first-order valence-corrected chi connectivity index (χ1v) is 3.42. The fourth-order valence-corrected chi connectivity index (χ4v) is 1.21. The molecule has 0 aromatic carbocycles. The van der Waals surface area contributed by atoms with Crippen molar-refractivity contribution >= 4 is 18.1 Å². The van der Waals surface area contributed by atoms with E-state index in [0.717, 1.165) is 10.4 Å². The summed E-state index contributed by atoms with van der Waals surface area (Å²) in [6.07, 6.45) is 5.44. The number of hydrogen-bond acceptors (Lipinski definition) is 2. The van der Waals surface area contributed by atoms with Crippen molar-refractivity contribution in [3.8, 4) is 0 Å². The second-order valence-electron chi connectivity index (χ2n) is 2.08. The predicted octanol–water partition coefficient (Wildman–Crippen LogP) is 1.62. The highest BCUT2D eigenvalue weighted by atomic mass is 32.1. The summed E-state index contributed by atoms with van der Waals surface area (Å²) in [6.45, 7) is 0. The van der Waals surface area contributed by atoms with Crippen LogP contribution >= 0.6 is 12.6 Å². The molecule has 2 aromatic rings. The molecule has 0 saturated carbocycles. The number of nitrogens with zero attached hydrogens (tertiary/aromatic N) is 2. The van der Waals surface area contributed by atoms with Gasteiger partial charge >= 0.3 is 0 Å². The second-order valence-corrected chi connectivity index (χ2v) is 2.56. The van der Waals surface area contributed by atoms with Gasteiger partial charge in [-0.05, 0) is 12.1 Å². The molecule has 0 saturated heterocycles. The molecular weight excluding hydrogens is 144 g/mol. The maximum Gasteiger partial charge on any atom is 0.0991 e. The molecule has 0 N–H and O–H groups in total. The molecule has 10 heavy (non-hydrogen) atoms. The molecule has 3 heteroatoms. The van der Waals surface area contributed by atoms with Crippen LogP contribution in [-0.4, -0.2) is 9.38 Å². The summed E-state index contributed by atoms with van der Waals surface area (Å²) in [5.74, 6) is 0. The van der Waals surface area contributed by atoms with Crippen LogP contribution in [0.1, 0.15) is 0 Å². The van der Waals surface area contributed by atoms with Gasteiger partial charge in [-0.1, -0.05) is 0 Å². The molecule has 0 aliphatic carbocycles. The zero-order valence-electron chi connectivity index (χ0n) is 5.23. The highest BCUT2D eigenvalue weighted by Gasteiger charge is 1.93. The molecule has 0 amide bonds. The molecule has 0 spiro atoms. The molecule has 2 nitrogen and oxygen atoms in total. The van der Waals surface area contributed by atoms with Gasteiger partial charge in [0.2, 0.25) is 0 Å². The summed E-state index contributed by atoms with van der Waals surface area (Å²) < 4.78 is 1.93. The number of hydrogen-bond donors (Lipinski definition) is 1. The van der Waals surface area contributed by atoms with E-state index >= 15 is 0 Å². The third-order valence-electron chi connectivity index (χ3n) is 1.43. The number of rotatable bonds is 0. The summed E-state index contributed by atoms with van der Waals surface area (Å²) in [5, 5.41) is 0. The van der Waals surface area contributed by atoms with Crippen molar-refractivity contribution in [2.45, 2.75) is 4.90 Å². The monoisotopic (exact) mass is 150 g/mol. The first-order valence-electron chi connectivity index (χ1n) is 2.97. The van der Waals surface area contributed by atoms with Crippen molar-refractivity contribution in [3.63, 3.8) is 0 Å². The van der Waals surface area contributed by atoms with Gasteiger partial charge in [-0.3, -0.25) is 0 Å². The van der Waals surface area contributed by atoms with E-state index in [0.29, 0.717) is 0 Å². The van der Waals surface area contributed by atoms with Gasteiger partial charge in [-0.2, -0.15) is 0 Å². The maximum atomic E-state index is 4.23. The van der Waals surface area contributed by atoms with Crippen molar-refractivity contribution in [2.24, 2.45) is 0 Å². The Morgan fingerprint density at radius 1 is 1.50 bits per heavy atom. The number of aromatic nitrogens is 2. The third kappa shape index (κ3) is 0.708. The molecule has 50 valence electrons. The van der Waals surface area contributed by atoms with Crippen LogP contribution in [0.15, 0.2) is 35.7 Å². The van der Waals surface area contributed by atoms with Gasteiger partial charge in [0.05, 0.1) is 11.8 Å². The Balaban J connectivity index is 2.95. The van der Waals surface area contributed by atoms with E-state index in [-0.39, 0.29) is 0 Å². The standard InChI is InChI=1S/C7H6N2S/c10-7-4-8-5-9-3-1-2-6(7)9/h1-5,10H. The predicted molar refractivity (Wildman–Crippen MR) is 42.4 cm³/mol. The van der Waals surface area contributed by atoms with Crippen LogP contribution in [0.5, 0.6) is 0 Å². The quantitative estimate of drug-likeness (QED) is 0.565. The molecule has 0 fully saturated rings. The maximum absolute atomic E-state index is 4.23. The molecule has 0 atom stereocenters. The summed E-state index contributed by atoms with van der Waals surface area (Å²) in [4.78, 5) is 4.88. The average molecular weight is 150 g/mol. The Hall–Kier alpha value is -0.960. The molecule has 0 aliphatic rings. The average Bonchev–Trinajstić information content (AvgIpc) is 2.36. The lowest BCUT2D eigenvalue weighted by Crippen LogP contribution is -1.83. The van der Waals surface area contributed by atoms with Gasteiger partial charge < -0.3 is 4.40 Å². The van der Waals surface area contributed by atoms with Crippen molar-refractivity contribution in [2.75, 3.05) is 0 Å². The summed E-state index contributed by atoms with van der Waals surface area (Å²) >= 11 is 4.23. The first-order chi connectivity index (χ1) is 4.88. The van der Waals surface area contributed by atoms with Gasteiger partial charge in [-0.25, -0.2) is 4.98 Å². The van der Waals surface area contributed by atoms with Gasteiger partial charge in [0.25, 0.3) is 0 Å². The minimum absolute atomic E-state index is 0.910. The van der Waals surface area contributed by atoms with Crippen LogP contribution in [0.25, 0.3) is 5.52 Å². The van der Waals surface area contributed by atoms with Gasteiger partial charge in [0.1, 0.15) is 0 Å². The van der Waals surface area contributed by atoms with E-state index in [1.165, 1.54) is 0 Å². The first kappa shape index (κ1) is 5.80. The lowest BCUT2D eigenvalue weighted by molar-refractivity contribution is 1.06. The normalized spacial score (nSPS) is 10.5. The Morgan fingerprint density at radius 3 is 3.20 bits per heavy atom. The third-order valence-corrected chi connectivity index (χ3v) is 1.77. The van der Waals surface area contributed by atoms with E-state index < -0.39 is 0 Å². The van der Waals surface area contributed by atoms with Gasteiger partial charge in [0.15, 0.2) is 0 Å². The fraction of sp³-hybridized carbons (Fsp3) is 0. The van der Waals surface area contributed by atoms with Crippen LogP contribution in [0.3, 0.4) is 0 Å². The van der Waals surface area contributed by atoms with Crippen LogP contribution in [0, 0.1) is 0 Å². The summed E-state index contributed by atoms with van der Waals surface area (Å²) in [7, 11) is 0. The van der Waals surface area contributed by atoms with Crippen LogP contribution in [0.4, 0.5) is 0 Å². The lowest BCUT2D eigenvalue weighted by atomic mass is 10.5. The molecule has 0 radical (unpaired) electrons. The van der Waals surface area contributed by atoms with Crippen molar-refractivity contribution in [3.05, 3.63) is 30.9 Å². The Bertz CT molecular complexity index is 353. The molecule has 0 unspecified atom stereocenters. The van der Waals surface area contributed by atoms with E-state index in [9.17, 15) is 0 Å². The van der Waals surface area contributed by atoms with Crippen LogP contribution < -0.4 is 0 Å². The lowest BCUT2D eigenvalue weighted by Gasteiger charge is -1.94. The molecule has 2 aromatic heterocycles. The minimum atomic E-state index is 0.910. The van der Waals surface area contributed by atoms with E-state index in [1.54, 1.807) is 12.5 Å². The smallest absolute Gasteiger partial charge is 0.0991 e. The summed E-state index contributed by atoms with van der Waals surface area (Å²) in [5.41, 5.74) is 1.10. The largest absolute Gasteiger partial charge is 0.307 e. The Kier molecular flexibility index (Phi) is 1.17. The van der Waals surface area contributed by atoms with Crippen LogP contribution in [-0.2, 0) is 0 Å². The zero-order valence-corrected chi connectivity index (χ0v) is 6.12. The highest BCUT2D eigenvalue weighted by molar-refractivity contribution is 7.80. The zero-order chi connectivity index (χ0) is 6.97. The van der Waals surface area contributed by atoms with Crippen molar-refractivity contribution in [1.29, 1.82) is 0 Å². The van der Waals surface area contributed by atoms with E-state index in [4.69, 9.17) is 0 Å². The second kappa shape index (κ2) is 2.02. The van der Waals surface area contributed by atoms with E-state index in [2.05, 4.69) is 17.6 Å². The van der Waals surface area contributed by atoms with Crippen molar-refractivity contribution in [1.82, 2.24) is 9.38 Å². The SMILES string of the molecule is Sc1cncn2cccc12.